The summed E-state index contributed by atoms with van der Waals surface area (Å²) in [7, 11) is 1.68. The van der Waals surface area contributed by atoms with E-state index in [1.807, 2.05) is 6.07 Å². The number of nitrogens with zero attached hydrogens (tertiary/aromatic N) is 2. The van der Waals surface area contributed by atoms with E-state index in [4.69, 9.17) is 14.7 Å². The molecule has 96 valence electrons. The van der Waals surface area contributed by atoms with E-state index >= 15 is 0 Å². The first-order valence-corrected chi connectivity index (χ1v) is 6.04. The Kier molecular flexibility index (Phi) is 6.60. The van der Waals surface area contributed by atoms with Gasteiger partial charge in [0.25, 0.3) is 0 Å². The van der Waals surface area contributed by atoms with Crippen molar-refractivity contribution in [1.29, 1.82) is 5.26 Å². The fraction of sp³-hybridized carbons (Fsp3) is 0.833. The number of nitriles is 1. The number of carbonyl (C=O) groups excluding carboxylic acids is 1. The van der Waals surface area contributed by atoms with Gasteiger partial charge in [0.05, 0.1) is 25.2 Å². The number of hydrogen-bond acceptors (Lipinski definition) is 4. The van der Waals surface area contributed by atoms with E-state index in [0.717, 1.165) is 19.4 Å². The summed E-state index contributed by atoms with van der Waals surface area (Å²) >= 11 is 0. The van der Waals surface area contributed by atoms with Crippen molar-refractivity contribution in [2.24, 2.45) is 0 Å². The molecule has 0 spiro atoms. The van der Waals surface area contributed by atoms with E-state index in [-0.39, 0.29) is 18.6 Å². The van der Waals surface area contributed by atoms with Gasteiger partial charge in [0.2, 0.25) is 5.91 Å². The summed E-state index contributed by atoms with van der Waals surface area (Å²) in [6.07, 6.45) is 3.80. The molecule has 1 unspecified atom stereocenters. The lowest BCUT2D eigenvalue weighted by molar-refractivity contribution is -0.136. The zero-order chi connectivity index (χ0) is 12.5. The molecule has 0 saturated carbocycles. The van der Waals surface area contributed by atoms with E-state index in [1.54, 1.807) is 7.05 Å². The fourth-order valence-electron chi connectivity index (χ4n) is 1.67. The average molecular weight is 240 g/mol. The lowest BCUT2D eigenvalue weighted by Gasteiger charge is -2.22. The van der Waals surface area contributed by atoms with Gasteiger partial charge >= 0.3 is 0 Å². The van der Waals surface area contributed by atoms with Gasteiger partial charge in [-0.05, 0) is 19.3 Å². The quantitative estimate of drug-likeness (QED) is 0.693. The molecule has 0 N–H and O–H groups in total. The number of hydrogen-bond donors (Lipinski definition) is 0. The molecule has 0 aliphatic carbocycles. The molecule has 1 fully saturated rings. The average Bonchev–Trinajstić information content (AvgIpc) is 2.37. The highest BCUT2D eigenvalue weighted by Crippen LogP contribution is 2.12. The van der Waals surface area contributed by atoms with Crippen LogP contribution in [0, 0.1) is 11.3 Å². The van der Waals surface area contributed by atoms with Gasteiger partial charge in [-0.25, -0.2) is 0 Å². The second kappa shape index (κ2) is 8.04. The zero-order valence-electron chi connectivity index (χ0n) is 10.4. The summed E-state index contributed by atoms with van der Waals surface area (Å²) in [5.74, 6) is -0.0870. The molecule has 5 heteroatoms. The molecule has 1 aliphatic rings. The predicted molar refractivity (Wildman–Crippen MR) is 62.3 cm³/mol. The van der Waals surface area contributed by atoms with E-state index < -0.39 is 0 Å². The van der Waals surface area contributed by atoms with Gasteiger partial charge in [0, 0.05) is 20.2 Å². The molecule has 1 saturated heterocycles. The van der Waals surface area contributed by atoms with E-state index in [0.29, 0.717) is 19.6 Å². The third kappa shape index (κ3) is 5.66. The highest BCUT2D eigenvalue weighted by molar-refractivity contribution is 5.77. The first-order chi connectivity index (χ1) is 8.24. The third-order valence-electron chi connectivity index (χ3n) is 2.79. The summed E-state index contributed by atoms with van der Waals surface area (Å²) < 4.78 is 10.8. The number of ether oxygens (including phenoxy) is 2. The van der Waals surface area contributed by atoms with Crippen molar-refractivity contribution >= 4 is 5.91 Å². The second-order valence-corrected chi connectivity index (χ2v) is 4.23. The topological polar surface area (TPSA) is 62.6 Å². The van der Waals surface area contributed by atoms with Crippen LogP contribution in [0.3, 0.4) is 0 Å². The Bertz CT molecular complexity index is 269. The van der Waals surface area contributed by atoms with Crippen LogP contribution in [-0.4, -0.2) is 50.3 Å². The van der Waals surface area contributed by atoms with Gasteiger partial charge in [-0.2, -0.15) is 5.26 Å². The molecule has 1 heterocycles. The molecule has 0 bridgehead atoms. The maximum absolute atomic E-state index is 11.5. The minimum absolute atomic E-state index is 0.0712. The monoisotopic (exact) mass is 240 g/mol. The Morgan fingerprint density at radius 2 is 2.41 bits per heavy atom. The molecule has 1 atom stereocenters. The molecule has 0 radical (unpaired) electrons. The van der Waals surface area contributed by atoms with Crippen molar-refractivity contribution in [3.05, 3.63) is 0 Å². The summed E-state index contributed by atoms with van der Waals surface area (Å²) in [5.41, 5.74) is 0. The maximum atomic E-state index is 11.5. The van der Waals surface area contributed by atoms with Gasteiger partial charge in [-0.15, -0.1) is 0 Å². The molecule has 0 aromatic heterocycles. The van der Waals surface area contributed by atoms with Crippen LogP contribution < -0.4 is 0 Å². The summed E-state index contributed by atoms with van der Waals surface area (Å²) in [6.45, 7) is 1.81. The smallest absolute Gasteiger partial charge is 0.248 e. The predicted octanol–water partition coefficient (Wildman–Crippen LogP) is 0.944. The minimum atomic E-state index is -0.0870. The molecule has 1 rings (SSSR count). The van der Waals surface area contributed by atoms with E-state index in [9.17, 15) is 4.79 Å². The number of rotatable bonds is 6. The summed E-state index contributed by atoms with van der Waals surface area (Å²) in [6, 6.07) is 2.01. The highest BCUT2D eigenvalue weighted by atomic mass is 16.5. The lowest BCUT2D eigenvalue weighted by Crippen LogP contribution is -2.33. The van der Waals surface area contributed by atoms with Crippen LogP contribution in [0.25, 0.3) is 0 Å². The highest BCUT2D eigenvalue weighted by Gasteiger charge is 2.15. The van der Waals surface area contributed by atoms with Gasteiger partial charge in [-0.3, -0.25) is 4.79 Å². The second-order valence-electron chi connectivity index (χ2n) is 4.23. The molecule has 1 amide bonds. The molecular weight excluding hydrogens is 220 g/mol. The van der Waals surface area contributed by atoms with Crippen LogP contribution in [0.5, 0.6) is 0 Å². The van der Waals surface area contributed by atoms with Crippen molar-refractivity contribution in [3.63, 3.8) is 0 Å². The van der Waals surface area contributed by atoms with Gasteiger partial charge < -0.3 is 14.4 Å². The Labute approximate surface area is 102 Å². The fourth-order valence-corrected chi connectivity index (χ4v) is 1.67. The zero-order valence-corrected chi connectivity index (χ0v) is 10.4. The molecule has 0 aromatic carbocycles. The first-order valence-electron chi connectivity index (χ1n) is 6.04. The van der Waals surface area contributed by atoms with Crippen LogP contribution in [0.1, 0.15) is 25.7 Å². The van der Waals surface area contributed by atoms with Crippen molar-refractivity contribution in [3.8, 4) is 6.07 Å². The standard InChI is InChI=1S/C12H20N2O3/c1-14(7-4-6-13)12(15)10-16-9-11-5-2-3-8-17-11/h11H,2-5,7-10H2,1H3. The Morgan fingerprint density at radius 1 is 1.59 bits per heavy atom. The van der Waals surface area contributed by atoms with E-state index in [1.165, 1.54) is 11.3 Å². The Balaban J connectivity index is 2.08. The number of carbonyl (C=O) groups is 1. The number of likely N-dealkylation sites (N-methyl/N-ethyl adjacent to an activating group) is 1. The van der Waals surface area contributed by atoms with Gasteiger partial charge in [-0.1, -0.05) is 0 Å². The molecular formula is C12H20N2O3. The summed E-state index contributed by atoms with van der Waals surface area (Å²) in [4.78, 5) is 13.1. The van der Waals surface area contributed by atoms with Crippen LogP contribution in [0.4, 0.5) is 0 Å². The van der Waals surface area contributed by atoms with Crippen LogP contribution in [-0.2, 0) is 14.3 Å². The normalized spacial score (nSPS) is 19.6. The van der Waals surface area contributed by atoms with Crippen LogP contribution >= 0.6 is 0 Å². The van der Waals surface area contributed by atoms with Crippen molar-refractivity contribution in [2.45, 2.75) is 31.8 Å². The maximum Gasteiger partial charge on any atom is 0.248 e. The van der Waals surface area contributed by atoms with Crippen LogP contribution in [0.15, 0.2) is 0 Å². The third-order valence-corrected chi connectivity index (χ3v) is 2.79. The van der Waals surface area contributed by atoms with Crippen LogP contribution in [0.2, 0.25) is 0 Å². The molecule has 17 heavy (non-hydrogen) atoms. The molecule has 5 nitrogen and oxygen atoms in total. The van der Waals surface area contributed by atoms with Crippen molar-refractivity contribution in [2.75, 3.05) is 33.4 Å². The Hall–Kier alpha value is -1.12. The first kappa shape index (κ1) is 13.9. The lowest BCUT2D eigenvalue weighted by atomic mass is 10.1. The van der Waals surface area contributed by atoms with Crippen molar-refractivity contribution in [1.82, 2.24) is 4.90 Å². The van der Waals surface area contributed by atoms with Crippen molar-refractivity contribution < 1.29 is 14.3 Å². The largest absolute Gasteiger partial charge is 0.376 e. The molecule has 0 aromatic rings. The minimum Gasteiger partial charge on any atom is -0.376 e. The SMILES string of the molecule is CN(CCC#N)C(=O)COCC1CCCCO1. The Morgan fingerprint density at radius 3 is 3.06 bits per heavy atom. The van der Waals surface area contributed by atoms with Gasteiger partial charge in [0.15, 0.2) is 0 Å². The molecule has 1 aliphatic heterocycles. The number of amides is 1. The van der Waals surface area contributed by atoms with Gasteiger partial charge in [0.1, 0.15) is 6.61 Å². The van der Waals surface area contributed by atoms with E-state index in [2.05, 4.69) is 0 Å². The summed E-state index contributed by atoms with van der Waals surface area (Å²) in [5, 5.41) is 8.41.